The number of nitrogens with zero attached hydrogens (tertiary/aromatic N) is 1. The van der Waals surface area contributed by atoms with E-state index in [0.717, 1.165) is 18.4 Å². The van der Waals surface area contributed by atoms with Crippen LogP contribution in [0.5, 0.6) is 0 Å². The second-order valence-corrected chi connectivity index (χ2v) is 4.81. The van der Waals surface area contributed by atoms with Gasteiger partial charge in [0, 0.05) is 20.8 Å². The van der Waals surface area contributed by atoms with Crippen molar-refractivity contribution < 1.29 is 9.47 Å². The van der Waals surface area contributed by atoms with Crippen molar-refractivity contribution in [3.8, 4) is 0 Å². The highest BCUT2D eigenvalue weighted by Crippen LogP contribution is 2.28. The summed E-state index contributed by atoms with van der Waals surface area (Å²) in [6, 6.07) is 0. The van der Waals surface area contributed by atoms with Crippen LogP contribution in [0, 0.1) is 11.8 Å². The minimum absolute atomic E-state index is 0.680. The van der Waals surface area contributed by atoms with Crippen LogP contribution in [0.3, 0.4) is 0 Å². The van der Waals surface area contributed by atoms with E-state index in [2.05, 4.69) is 11.8 Å². The fourth-order valence-corrected chi connectivity index (χ4v) is 2.38. The molecule has 0 aromatic carbocycles. The zero-order chi connectivity index (χ0) is 11.1. The van der Waals surface area contributed by atoms with Gasteiger partial charge in [0.15, 0.2) is 0 Å². The summed E-state index contributed by atoms with van der Waals surface area (Å²) in [7, 11) is 3.48. The zero-order valence-corrected chi connectivity index (χ0v) is 10.4. The van der Waals surface area contributed by atoms with Gasteiger partial charge >= 0.3 is 0 Å². The lowest BCUT2D eigenvalue weighted by atomic mass is 9.83. The molecule has 3 heteroatoms. The molecule has 0 N–H and O–H groups in total. The smallest absolute Gasteiger partial charge is 0.100 e. The van der Waals surface area contributed by atoms with Gasteiger partial charge in [-0.2, -0.15) is 0 Å². The third-order valence-corrected chi connectivity index (χ3v) is 3.28. The monoisotopic (exact) mass is 215 g/mol. The van der Waals surface area contributed by atoms with Crippen molar-refractivity contribution in [2.75, 3.05) is 34.2 Å². The molecule has 0 unspecified atom stereocenters. The molecule has 0 spiro atoms. The molecule has 0 aromatic heterocycles. The van der Waals surface area contributed by atoms with E-state index >= 15 is 0 Å². The molecule has 3 nitrogen and oxygen atoms in total. The number of hydrogen-bond acceptors (Lipinski definition) is 3. The second kappa shape index (κ2) is 7.20. The first-order chi connectivity index (χ1) is 7.26. The van der Waals surface area contributed by atoms with Gasteiger partial charge in [0.1, 0.15) is 13.5 Å². The summed E-state index contributed by atoms with van der Waals surface area (Å²) in [5.41, 5.74) is 0. The average Bonchev–Trinajstić information content (AvgIpc) is 2.22. The van der Waals surface area contributed by atoms with Crippen molar-refractivity contribution in [1.82, 2.24) is 4.90 Å². The van der Waals surface area contributed by atoms with Gasteiger partial charge in [-0.3, -0.25) is 4.90 Å². The second-order valence-electron chi connectivity index (χ2n) is 4.81. The van der Waals surface area contributed by atoms with Crippen molar-refractivity contribution in [1.29, 1.82) is 0 Å². The number of ether oxygens (including phenoxy) is 2. The summed E-state index contributed by atoms with van der Waals surface area (Å²) in [5.74, 6) is 1.77. The maximum absolute atomic E-state index is 5.17. The van der Waals surface area contributed by atoms with Crippen LogP contribution in [0.2, 0.25) is 0 Å². The fourth-order valence-electron chi connectivity index (χ4n) is 2.38. The van der Waals surface area contributed by atoms with E-state index in [1.807, 2.05) is 0 Å². The van der Waals surface area contributed by atoms with Gasteiger partial charge in [-0.1, -0.05) is 19.8 Å². The summed E-state index contributed by atoms with van der Waals surface area (Å²) in [5, 5.41) is 0. The van der Waals surface area contributed by atoms with Crippen molar-refractivity contribution in [3.05, 3.63) is 0 Å². The van der Waals surface area contributed by atoms with Gasteiger partial charge in [0.2, 0.25) is 0 Å². The van der Waals surface area contributed by atoms with Crippen molar-refractivity contribution >= 4 is 0 Å². The van der Waals surface area contributed by atoms with Gasteiger partial charge in [0.05, 0.1) is 0 Å². The van der Waals surface area contributed by atoms with Gasteiger partial charge < -0.3 is 9.47 Å². The summed E-state index contributed by atoms with van der Waals surface area (Å²) < 4.78 is 10.3. The molecule has 1 aliphatic rings. The number of rotatable bonds is 6. The Morgan fingerprint density at radius 1 is 1.00 bits per heavy atom. The molecule has 15 heavy (non-hydrogen) atoms. The molecule has 0 aromatic rings. The van der Waals surface area contributed by atoms with E-state index in [0.29, 0.717) is 13.5 Å². The first-order valence-electron chi connectivity index (χ1n) is 5.96. The standard InChI is InChI=1S/C12H25NO2/c1-11-4-6-12(7-5-11)8-13(9-14-2)10-15-3/h11-12H,4-10H2,1-3H3. The van der Waals surface area contributed by atoms with Crippen LogP contribution in [0.25, 0.3) is 0 Å². The molecule has 1 fully saturated rings. The highest BCUT2D eigenvalue weighted by molar-refractivity contribution is 4.72. The Balaban J connectivity index is 2.24. The van der Waals surface area contributed by atoms with Gasteiger partial charge in [-0.25, -0.2) is 0 Å². The Morgan fingerprint density at radius 2 is 1.53 bits per heavy atom. The summed E-state index contributed by atoms with van der Waals surface area (Å²) >= 11 is 0. The van der Waals surface area contributed by atoms with E-state index in [4.69, 9.17) is 9.47 Å². The van der Waals surface area contributed by atoms with Crippen molar-refractivity contribution in [2.45, 2.75) is 32.6 Å². The molecule has 0 atom stereocenters. The average molecular weight is 215 g/mol. The summed E-state index contributed by atoms with van der Waals surface area (Å²) in [6.07, 6.45) is 5.51. The van der Waals surface area contributed by atoms with Crippen LogP contribution < -0.4 is 0 Å². The highest BCUT2D eigenvalue weighted by atomic mass is 16.5. The van der Waals surface area contributed by atoms with Crippen LogP contribution >= 0.6 is 0 Å². The Bertz CT molecular complexity index is 150. The third-order valence-electron chi connectivity index (χ3n) is 3.28. The predicted molar refractivity (Wildman–Crippen MR) is 61.6 cm³/mol. The topological polar surface area (TPSA) is 21.7 Å². The van der Waals surface area contributed by atoms with E-state index in [9.17, 15) is 0 Å². The molecule has 90 valence electrons. The molecular weight excluding hydrogens is 190 g/mol. The summed E-state index contributed by atoms with van der Waals surface area (Å²) in [6.45, 7) is 4.84. The fraction of sp³-hybridized carbons (Fsp3) is 1.00. The molecule has 1 rings (SSSR count). The Kier molecular flexibility index (Phi) is 6.22. The van der Waals surface area contributed by atoms with Crippen LogP contribution in [-0.4, -0.2) is 39.1 Å². The first-order valence-corrected chi connectivity index (χ1v) is 5.96. The molecule has 0 aliphatic heterocycles. The number of methoxy groups -OCH3 is 2. The molecule has 0 amide bonds. The Labute approximate surface area is 93.7 Å². The van der Waals surface area contributed by atoms with Crippen molar-refractivity contribution in [2.24, 2.45) is 11.8 Å². The molecule has 0 radical (unpaired) electrons. The molecule has 1 saturated carbocycles. The minimum Gasteiger partial charge on any atom is -0.369 e. The van der Waals surface area contributed by atoms with Gasteiger partial charge in [0.25, 0.3) is 0 Å². The number of hydrogen-bond donors (Lipinski definition) is 0. The SMILES string of the molecule is COCN(COC)CC1CCC(C)CC1. The maximum atomic E-state index is 5.17. The molecular formula is C12H25NO2. The zero-order valence-electron chi connectivity index (χ0n) is 10.4. The van der Waals surface area contributed by atoms with Crippen LogP contribution in [0.15, 0.2) is 0 Å². The normalized spacial score (nSPS) is 27.2. The minimum atomic E-state index is 0.680. The van der Waals surface area contributed by atoms with E-state index in [1.54, 1.807) is 14.2 Å². The Hall–Kier alpha value is -0.120. The molecule has 0 saturated heterocycles. The lowest BCUT2D eigenvalue weighted by molar-refractivity contribution is -0.0252. The maximum Gasteiger partial charge on any atom is 0.100 e. The van der Waals surface area contributed by atoms with Gasteiger partial charge in [-0.05, 0) is 24.7 Å². The highest BCUT2D eigenvalue weighted by Gasteiger charge is 2.20. The van der Waals surface area contributed by atoms with Crippen molar-refractivity contribution in [3.63, 3.8) is 0 Å². The third kappa shape index (κ3) is 4.96. The first kappa shape index (κ1) is 12.9. The molecule has 0 heterocycles. The van der Waals surface area contributed by atoms with Crippen LogP contribution in [0.4, 0.5) is 0 Å². The summed E-state index contributed by atoms with van der Waals surface area (Å²) in [4.78, 5) is 2.24. The van der Waals surface area contributed by atoms with Gasteiger partial charge in [-0.15, -0.1) is 0 Å². The quantitative estimate of drug-likeness (QED) is 0.635. The lowest BCUT2D eigenvalue weighted by Crippen LogP contribution is -2.34. The molecule has 1 aliphatic carbocycles. The predicted octanol–water partition coefficient (Wildman–Crippen LogP) is 2.32. The Morgan fingerprint density at radius 3 is 2.00 bits per heavy atom. The largest absolute Gasteiger partial charge is 0.369 e. The lowest BCUT2D eigenvalue weighted by Gasteiger charge is -2.30. The van der Waals surface area contributed by atoms with E-state index < -0.39 is 0 Å². The van der Waals surface area contributed by atoms with Crippen LogP contribution in [0.1, 0.15) is 32.6 Å². The van der Waals surface area contributed by atoms with E-state index in [1.165, 1.54) is 25.7 Å². The van der Waals surface area contributed by atoms with Crippen LogP contribution in [-0.2, 0) is 9.47 Å². The van der Waals surface area contributed by atoms with E-state index in [-0.39, 0.29) is 0 Å². The molecule has 0 bridgehead atoms.